The van der Waals surface area contributed by atoms with Gasteiger partial charge < -0.3 is 15.4 Å². The number of nitrogens with zero attached hydrogens (tertiary/aromatic N) is 1. The minimum absolute atomic E-state index is 0.0688. The van der Waals surface area contributed by atoms with E-state index in [2.05, 4.69) is 16.7 Å². The highest BCUT2D eigenvalue weighted by Gasteiger charge is 2.33. The van der Waals surface area contributed by atoms with E-state index in [1.54, 1.807) is 20.8 Å². The fourth-order valence-corrected chi connectivity index (χ4v) is 3.95. The average molecular weight is 442 g/mol. The monoisotopic (exact) mass is 441 g/mol. The molecule has 0 saturated heterocycles. The van der Waals surface area contributed by atoms with Crippen LogP contribution in [0.2, 0.25) is 0 Å². The highest BCUT2D eigenvalue weighted by molar-refractivity contribution is 5.91. The number of alkyl carbamates (subject to hydrolysis) is 1. The van der Waals surface area contributed by atoms with E-state index in [0.29, 0.717) is 5.56 Å². The molecule has 0 spiro atoms. The van der Waals surface area contributed by atoms with Gasteiger partial charge in [0.05, 0.1) is 0 Å². The Morgan fingerprint density at radius 3 is 2.25 bits per heavy atom. The summed E-state index contributed by atoms with van der Waals surface area (Å²) in [4.78, 5) is 39.3. The zero-order chi connectivity index (χ0) is 23.9. The summed E-state index contributed by atoms with van der Waals surface area (Å²) in [6.07, 6.45) is 10.1. The maximum atomic E-state index is 13.4. The molecule has 0 aromatic heterocycles. The average Bonchev–Trinajstić information content (AvgIpc) is 2.68. The normalized spacial score (nSPS) is 15.2. The molecular weight excluding hydrogens is 406 g/mol. The van der Waals surface area contributed by atoms with Crippen LogP contribution in [0.5, 0.6) is 0 Å². The molecular formula is C25H35N3O4. The molecule has 1 aromatic carbocycles. The predicted octanol–water partition coefficient (Wildman–Crippen LogP) is 3.74. The molecule has 3 amide bonds. The smallest absolute Gasteiger partial charge is 0.408 e. The van der Waals surface area contributed by atoms with Gasteiger partial charge >= 0.3 is 6.09 Å². The van der Waals surface area contributed by atoms with Gasteiger partial charge in [-0.2, -0.15) is 0 Å². The summed E-state index contributed by atoms with van der Waals surface area (Å²) < 4.78 is 5.17. The Balaban J connectivity index is 2.25. The van der Waals surface area contributed by atoms with Crippen LogP contribution in [0.25, 0.3) is 0 Å². The van der Waals surface area contributed by atoms with Crippen molar-refractivity contribution in [2.75, 3.05) is 6.54 Å². The van der Waals surface area contributed by atoms with Crippen LogP contribution in [-0.4, -0.2) is 41.0 Å². The second-order valence-electron chi connectivity index (χ2n) is 9.42. The van der Waals surface area contributed by atoms with Gasteiger partial charge in [0.15, 0.2) is 0 Å². The van der Waals surface area contributed by atoms with Crippen molar-refractivity contribution in [2.24, 2.45) is 0 Å². The minimum Gasteiger partial charge on any atom is -0.444 e. The van der Waals surface area contributed by atoms with Gasteiger partial charge in [-0.05, 0) is 53.0 Å². The number of ether oxygens (including phenoxy) is 1. The van der Waals surface area contributed by atoms with Gasteiger partial charge in [-0.25, -0.2) is 4.79 Å². The number of carbonyl (C=O) groups excluding carboxylic acids is 3. The summed E-state index contributed by atoms with van der Waals surface area (Å²) in [5.41, 5.74) is 1.87. The third-order valence-electron chi connectivity index (χ3n) is 5.21. The van der Waals surface area contributed by atoms with Gasteiger partial charge in [0, 0.05) is 12.1 Å². The van der Waals surface area contributed by atoms with Crippen molar-refractivity contribution in [1.82, 2.24) is 15.5 Å². The van der Waals surface area contributed by atoms with Crippen LogP contribution >= 0.6 is 0 Å². The van der Waals surface area contributed by atoms with Crippen molar-refractivity contribution in [1.29, 1.82) is 0 Å². The Morgan fingerprint density at radius 2 is 1.72 bits per heavy atom. The largest absolute Gasteiger partial charge is 0.444 e. The number of benzene rings is 1. The molecule has 2 rings (SSSR count). The number of amides is 3. The maximum absolute atomic E-state index is 13.4. The van der Waals surface area contributed by atoms with Gasteiger partial charge in [0.2, 0.25) is 5.91 Å². The Hall–Kier alpha value is -3.01. The molecule has 7 nitrogen and oxygen atoms in total. The van der Waals surface area contributed by atoms with Crippen LogP contribution in [-0.2, 0) is 14.3 Å². The lowest BCUT2D eigenvalue weighted by Crippen LogP contribution is -2.48. The van der Waals surface area contributed by atoms with Crippen molar-refractivity contribution in [2.45, 2.75) is 84.4 Å². The molecule has 7 heteroatoms. The molecule has 32 heavy (non-hydrogen) atoms. The first-order chi connectivity index (χ1) is 15.0. The Bertz CT molecular complexity index is 856. The summed E-state index contributed by atoms with van der Waals surface area (Å²) in [6.45, 7) is 8.67. The molecule has 1 aromatic rings. The molecule has 0 aliphatic heterocycles. The zero-order valence-electron chi connectivity index (χ0n) is 19.8. The van der Waals surface area contributed by atoms with Gasteiger partial charge in [-0.1, -0.05) is 55.0 Å². The third kappa shape index (κ3) is 7.60. The Morgan fingerprint density at radius 1 is 1.12 bits per heavy atom. The van der Waals surface area contributed by atoms with E-state index in [0.717, 1.165) is 48.1 Å². The zero-order valence-corrected chi connectivity index (χ0v) is 19.8. The molecule has 1 aliphatic rings. The third-order valence-corrected chi connectivity index (χ3v) is 5.21. The number of aryl methyl sites for hydroxylation is 2. The SMILES string of the molecule is C#CN(C(=O)CNC(=O)OC(C)(C)C)C(C(=O)NC1CCCCC1)c1cc(C)cc(C)c1. The molecule has 1 unspecified atom stereocenters. The molecule has 174 valence electrons. The Labute approximate surface area is 191 Å². The van der Waals surface area contributed by atoms with Crippen LogP contribution in [0.1, 0.15) is 75.6 Å². The molecule has 1 fully saturated rings. The predicted molar refractivity (Wildman–Crippen MR) is 124 cm³/mol. The van der Waals surface area contributed by atoms with Gasteiger partial charge in [-0.3, -0.25) is 14.5 Å². The number of hydrogen-bond acceptors (Lipinski definition) is 4. The number of carbonyl (C=O) groups is 3. The standard InChI is InChI=1S/C25H35N3O4/c1-7-28(21(29)16-26-24(31)32-25(4,5)6)22(19-14-17(2)13-18(3)15-19)23(30)27-20-11-9-8-10-12-20/h1,13-15,20,22H,8-12,16H2,2-6H3,(H,26,31)(H,27,30). The van der Waals surface area contributed by atoms with Crippen molar-refractivity contribution in [3.63, 3.8) is 0 Å². The Kier molecular flexibility index (Phi) is 8.71. The lowest BCUT2D eigenvalue weighted by atomic mass is 9.94. The van der Waals surface area contributed by atoms with Crippen LogP contribution in [0.4, 0.5) is 4.79 Å². The quantitative estimate of drug-likeness (QED) is 0.520. The second kappa shape index (κ2) is 11.0. The second-order valence-corrected chi connectivity index (χ2v) is 9.42. The summed E-state index contributed by atoms with van der Waals surface area (Å²) in [5.74, 6) is -0.883. The highest BCUT2D eigenvalue weighted by Crippen LogP contribution is 2.25. The van der Waals surface area contributed by atoms with E-state index in [9.17, 15) is 14.4 Å². The molecule has 0 radical (unpaired) electrons. The number of nitrogens with one attached hydrogen (secondary N) is 2. The first-order valence-corrected chi connectivity index (χ1v) is 11.1. The summed E-state index contributed by atoms with van der Waals surface area (Å²) in [6, 6.07) is 7.15. The van der Waals surface area contributed by atoms with Gasteiger partial charge in [0.25, 0.3) is 5.91 Å². The van der Waals surface area contributed by atoms with Crippen molar-refractivity contribution < 1.29 is 19.1 Å². The number of terminal acetylenes is 1. The van der Waals surface area contributed by atoms with Crippen LogP contribution in [0, 0.1) is 26.3 Å². The number of rotatable bonds is 6. The molecule has 2 N–H and O–H groups in total. The fraction of sp³-hybridized carbons (Fsp3) is 0.560. The van der Waals surface area contributed by atoms with Crippen LogP contribution < -0.4 is 10.6 Å². The molecule has 1 atom stereocenters. The first-order valence-electron chi connectivity index (χ1n) is 11.1. The topological polar surface area (TPSA) is 87.7 Å². The maximum Gasteiger partial charge on any atom is 0.408 e. The highest BCUT2D eigenvalue weighted by atomic mass is 16.6. The molecule has 0 bridgehead atoms. The lowest BCUT2D eigenvalue weighted by molar-refractivity contribution is -0.137. The van der Waals surface area contributed by atoms with Crippen molar-refractivity contribution in [3.8, 4) is 12.5 Å². The van der Waals surface area contributed by atoms with Crippen molar-refractivity contribution in [3.05, 3.63) is 34.9 Å². The minimum atomic E-state index is -0.992. The van der Waals surface area contributed by atoms with E-state index in [-0.39, 0.29) is 18.5 Å². The van der Waals surface area contributed by atoms with Crippen molar-refractivity contribution >= 4 is 17.9 Å². The number of hydrogen-bond donors (Lipinski definition) is 2. The molecule has 1 aliphatic carbocycles. The van der Waals surface area contributed by atoms with Gasteiger partial charge in [0.1, 0.15) is 18.2 Å². The lowest BCUT2D eigenvalue weighted by Gasteiger charge is -2.30. The van der Waals surface area contributed by atoms with E-state index in [4.69, 9.17) is 11.2 Å². The van der Waals surface area contributed by atoms with Crippen LogP contribution in [0.15, 0.2) is 18.2 Å². The fourth-order valence-electron chi connectivity index (χ4n) is 3.95. The summed E-state index contributed by atoms with van der Waals surface area (Å²) in [7, 11) is 0. The summed E-state index contributed by atoms with van der Waals surface area (Å²) >= 11 is 0. The van der Waals surface area contributed by atoms with E-state index >= 15 is 0 Å². The van der Waals surface area contributed by atoms with E-state index < -0.39 is 23.6 Å². The molecule has 0 heterocycles. The van der Waals surface area contributed by atoms with E-state index in [1.807, 2.05) is 32.0 Å². The first kappa shape index (κ1) is 25.3. The summed E-state index contributed by atoms with van der Waals surface area (Å²) in [5, 5.41) is 5.51. The van der Waals surface area contributed by atoms with Crippen LogP contribution in [0.3, 0.4) is 0 Å². The van der Waals surface area contributed by atoms with Gasteiger partial charge in [-0.15, -0.1) is 0 Å². The molecule has 1 saturated carbocycles. The van der Waals surface area contributed by atoms with E-state index in [1.165, 1.54) is 0 Å².